The van der Waals surface area contributed by atoms with Gasteiger partial charge in [-0.3, -0.25) is 0 Å². The van der Waals surface area contributed by atoms with Crippen molar-refractivity contribution in [2.24, 2.45) is 0 Å². The van der Waals surface area contributed by atoms with E-state index in [0.29, 0.717) is 6.61 Å². The first kappa shape index (κ1) is 13.8. The van der Waals surface area contributed by atoms with Gasteiger partial charge in [0.15, 0.2) is 0 Å². The maximum Gasteiger partial charge on any atom is 0.106 e. The van der Waals surface area contributed by atoms with Crippen LogP contribution in [0.4, 0.5) is 0 Å². The topological polar surface area (TPSA) is 30.5 Å². The minimum atomic E-state index is -0.185. The molecule has 2 atom stereocenters. The maximum absolute atomic E-state index is 6.19. The lowest BCUT2D eigenvalue weighted by Crippen LogP contribution is -2.43. The Labute approximate surface area is 113 Å². The molecule has 2 unspecified atom stereocenters. The van der Waals surface area contributed by atoms with Gasteiger partial charge in [-0.1, -0.05) is 29.8 Å². The fourth-order valence-electron chi connectivity index (χ4n) is 2.24. The molecule has 4 heteroatoms. The van der Waals surface area contributed by atoms with Gasteiger partial charge in [-0.2, -0.15) is 0 Å². The predicted octanol–water partition coefficient (Wildman–Crippen LogP) is 2.80. The molecule has 1 saturated heterocycles. The Morgan fingerprint density at radius 1 is 1.50 bits per heavy atom. The Hall–Kier alpha value is -0.610. The van der Waals surface area contributed by atoms with Gasteiger partial charge in [0.1, 0.15) is 5.60 Å². The lowest BCUT2D eigenvalue weighted by Gasteiger charge is -2.28. The zero-order valence-electron chi connectivity index (χ0n) is 10.9. The summed E-state index contributed by atoms with van der Waals surface area (Å²) in [6.45, 7) is 4.32. The standard InChI is InChI=1S/C14H20ClNO2/c1-11(12-5-3-4-6-13(12)15)16-9-14(17-2)7-8-18-10-14/h3-6,11,16H,7-10H2,1-2H3. The van der Waals surface area contributed by atoms with Crippen LogP contribution in [0, 0.1) is 0 Å². The summed E-state index contributed by atoms with van der Waals surface area (Å²) in [5.41, 5.74) is 0.930. The molecule has 1 N–H and O–H groups in total. The number of benzene rings is 1. The van der Waals surface area contributed by atoms with Gasteiger partial charge in [0.05, 0.1) is 6.61 Å². The fraction of sp³-hybridized carbons (Fsp3) is 0.571. The Bertz CT molecular complexity index is 391. The Balaban J connectivity index is 1.96. The van der Waals surface area contributed by atoms with Crippen LogP contribution in [0.25, 0.3) is 0 Å². The first-order valence-electron chi connectivity index (χ1n) is 6.27. The summed E-state index contributed by atoms with van der Waals surface area (Å²) in [4.78, 5) is 0. The molecule has 3 nitrogen and oxygen atoms in total. The number of ether oxygens (including phenoxy) is 2. The first-order valence-corrected chi connectivity index (χ1v) is 6.65. The van der Waals surface area contributed by atoms with Gasteiger partial charge < -0.3 is 14.8 Å². The Morgan fingerprint density at radius 3 is 2.89 bits per heavy atom. The van der Waals surface area contributed by atoms with Crippen LogP contribution in [0.15, 0.2) is 24.3 Å². The van der Waals surface area contributed by atoms with E-state index in [1.54, 1.807) is 7.11 Å². The van der Waals surface area contributed by atoms with Crippen molar-refractivity contribution >= 4 is 11.6 Å². The second-order valence-electron chi connectivity index (χ2n) is 4.81. The van der Waals surface area contributed by atoms with Gasteiger partial charge in [0, 0.05) is 37.7 Å². The van der Waals surface area contributed by atoms with Crippen molar-refractivity contribution in [3.8, 4) is 0 Å². The predicted molar refractivity (Wildman–Crippen MR) is 73.0 cm³/mol. The molecule has 0 spiro atoms. The molecule has 0 aliphatic carbocycles. The van der Waals surface area contributed by atoms with Gasteiger partial charge in [0.25, 0.3) is 0 Å². The average molecular weight is 270 g/mol. The summed E-state index contributed by atoms with van der Waals surface area (Å²) in [6.07, 6.45) is 0.936. The van der Waals surface area contributed by atoms with Gasteiger partial charge in [-0.25, -0.2) is 0 Å². The van der Waals surface area contributed by atoms with E-state index in [0.717, 1.165) is 30.2 Å². The van der Waals surface area contributed by atoms with E-state index in [1.165, 1.54) is 0 Å². The molecular weight excluding hydrogens is 250 g/mol. The summed E-state index contributed by atoms with van der Waals surface area (Å²) in [5, 5.41) is 4.28. The average Bonchev–Trinajstić information content (AvgIpc) is 2.86. The summed E-state index contributed by atoms with van der Waals surface area (Å²) >= 11 is 6.19. The number of rotatable bonds is 5. The summed E-state index contributed by atoms with van der Waals surface area (Å²) < 4.78 is 11.0. The lowest BCUT2D eigenvalue weighted by atomic mass is 10.0. The molecule has 1 aliphatic rings. The molecule has 18 heavy (non-hydrogen) atoms. The molecule has 1 fully saturated rings. The van der Waals surface area contributed by atoms with E-state index in [-0.39, 0.29) is 11.6 Å². The molecule has 0 saturated carbocycles. The number of hydrogen-bond donors (Lipinski definition) is 1. The molecule has 2 rings (SSSR count). The highest BCUT2D eigenvalue weighted by Crippen LogP contribution is 2.25. The van der Waals surface area contributed by atoms with Crippen LogP contribution in [0.3, 0.4) is 0 Å². The van der Waals surface area contributed by atoms with Crippen LogP contribution in [-0.2, 0) is 9.47 Å². The van der Waals surface area contributed by atoms with Crippen molar-refractivity contribution < 1.29 is 9.47 Å². The quantitative estimate of drug-likeness (QED) is 0.892. The van der Waals surface area contributed by atoms with Crippen molar-refractivity contribution in [2.75, 3.05) is 26.9 Å². The number of nitrogens with one attached hydrogen (secondary N) is 1. The third kappa shape index (κ3) is 3.04. The van der Waals surface area contributed by atoms with Crippen molar-refractivity contribution in [3.63, 3.8) is 0 Å². The molecule has 100 valence electrons. The number of hydrogen-bond acceptors (Lipinski definition) is 3. The normalized spacial score (nSPS) is 25.3. The molecule has 1 heterocycles. The Morgan fingerprint density at radius 2 is 2.28 bits per heavy atom. The highest BCUT2D eigenvalue weighted by Gasteiger charge is 2.35. The zero-order valence-corrected chi connectivity index (χ0v) is 11.7. The molecule has 0 bridgehead atoms. The van der Waals surface area contributed by atoms with E-state index in [4.69, 9.17) is 21.1 Å². The minimum absolute atomic E-state index is 0.185. The van der Waals surface area contributed by atoms with Crippen molar-refractivity contribution in [3.05, 3.63) is 34.9 Å². The monoisotopic (exact) mass is 269 g/mol. The van der Waals surface area contributed by atoms with Gasteiger partial charge >= 0.3 is 0 Å². The van der Waals surface area contributed by atoms with Crippen LogP contribution in [-0.4, -0.2) is 32.5 Å². The molecule has 0 amide bonds. The smallest absolute Gasteiger partial charge is 0.106 e. The molecule has 1 aromatic rings. The number of methoxy groups -OCH3 is 1. The van der Waals surface area contributed by atoms with Crippen molar-refractivity contribution in [1.29, 1.82) is 0 Å². The van der Waals surface area contributed by atoms with Crippen LogP contribution in [0.5, 0.6) is 0 Å². The van der Waals surface area contributed by atoms with E-state index in [2.05, 4.69) is 12.2 Å². The maximum atomic E-state index is 6.19. The SMILES string of the molecule is COC1(CNC(C)c2ccccc2Cl)CCOC1. The molecule has 0 radical (unpaired) electrons. The highest BCUT2D eigenvalue weighted by molar-refractivity contribution is 6.31. The van der Waals surface area contributed by atoms with Crippen LogP contribution >= 0.6 is 11.6 Å². The van der Waals surface area contributed by atoms with Gasteiger partial charge in [-0.05, 0) is 18.6 Å². The second-order valence-corrected chi connectivity index (χ2v) is 5.22. The van der Waals surface area contributed by atoms with E-state index in [9.17, 15) is 0 Å². The highest BCUT2D eigenvalue weighted by atomic mass is 35.5. The molecule has 1 aromatic carbocycles. The van der Waals surface area contributed by atoms with E-state index < -0.39 is 0 Å². The molecule has 0 aromatic heterocycles. The summed E-state index contributed by atoms with van der Waals surface area (Å²) in [6, 6.07) is 8.11. The van der Waals surface area contributed by atoms with E-state index >= 15 is 0 Å². The van der Waals surface area contributed by atoms with Crippen molar-refractivity contribution in [1.82, 2.24) is 5.32 Å². The van der Waals surface area contributed by atoms with Crippen molar-refractivity contribution in [2.45, 2.75) is 25.0 Å². The van der Waals surface area contributed by atoms with Crippen LogP contribution in [0.1, 0.15) is 24.9 Å². The number of halogens is 1. The van der Waals surface area contributed by atoms with Gasteiger partial charge in [-0.15, -0.1) is 0 Å². The fourth-order valence-corrected chi connectivity index (χ4v) is 2.54. The van der Waals surface area contributed by atoms with E-state index in [1.807, 2.05) is 24.3 Å². The zero-order chi connectivity index (χ0) is 13.0. The third-order valence-electron chi connectivity index (χ3n) is 3.60. The van der Waals surface area contributed by atoms with Crippen LogP contribution < -0.4 is 5.32 Å². The third-order valence-corrected chi connectivity index (χ3v) is 3.95. The van der Waals surface area contributed by atoms with Crippen LogP contribution in [0.2, 0.25) is 5.02 Å². The molecular formula is C14H20ClNO2. The summed E-state index contributed by atoms with van der Waals surface area (Å²) in [7, 11) is 1.75. The largest absolute Gasteiger partial charge is 0.378 e. The minimum Gasteiger partial charge on any atom is -0.378 e. The summed E-state index contributed by atoms with van der Waals surface area (Å²) in [5.74, 6) is 0. The second kappa shape index (κ2) is 6.02. The lowest BCUT2D eigenvalue weighted by molar-refractivity contribution is -0.0172. The van der Waals surface area contributed by atoms with Gasteiger partial charge in [0.2, 0.25) is 0 Å². The first-order chi connectivity index (χ1) is 8.67. The Kier molecular flexibility index (Phi) is 4.62. The molecule has 1 aliphatic heterocycles.